The molecule has 3 aromatic rings. The number of benzene rings is 2. The zero-order valence-corrected chi connectivity index (χ0v) is 14.0. The first-order valence-electron chi connectivity index (χ1n) is 7.96. The van der Waals surface area contributed by atoms with E-state index in [1.807, 2.05) is 25.1 Å². The van der Waals surface area contributed by atoms with E-state index < -0.39 is 5.97 Å². The zero-order chi connectivity index (χ0) is 17.3. The quantitative estimate of drug-likeness (QED) is 0.701. The number of fused-ring (bicyclic) bond motifs is 1. The number of carboxylic acid groups (broad SMARTS) is 1. The van der Waals surface area contributed by atoms with E-state index in [1.165, 1.54) is 5.56 Å². The predicted molar refractivity (Wildman–Crippen MR) is 97.3 cm³/mol. The molecule has 0 unspecified atom stereocenters. The molecule has 2 aromatic carbocycles. The van der Waals surface area contributed by atoms with Crippen LogP contribution in [-0.4, -0.2) is 16.1 Å². The van der Waals surface area contributed by atoms with Crippen LogP contribution in [0.1, 0.15) is 41.4 Å². The third kappa shape index (κ3) is 3.23. The number of nitrogens with one attached hydrogen (secondary N) is 1. The van der Waals surface area contributed by atoms with Crippen molar-refractivity contribution in [3.8, 4) is 0 Å². The summed E-state index contributed by atoms with van der Waals surface area (Å²) in [6.45, 7) is 6.27. The van der Waals surface area contributed by atoms with Gasteiger partial charge in [-0.1, -0.05) is 26.0 Å². The van der Waals surface area contributed by atoms with E-state index in [2.05, 4.69) is 36.3 Å². The molecule has 0 aliphatic carbocycles. The van der Waals surface area contributed by atoms with Crippen LogP contribution < -0.4 is 5.32 Å². The highest BCUT2D eigenvalue weighted by atomic mass is 16.4. The van der Waals surface area contributed by atoms with Gasteiger partial charge >= 0.3 is 5.97 Å². The van der Waals surface area contributed by atoms with Crippen LogP contribution >= 0.6 is 0 Å². The van der Waals surface area contributed by atoms with Crippen LogP contribution in [0.25, 0.3) is 10.9 Å². The molecule has 0 aliphatic heterocycles. The summed E-state index contributed by atoms with van der Waals surface area (Å²) in [6.07, 6.45) is 0. The molecule has 0 radical (unpaired) electrons. The summed E-state index contributed by atoms with van der Waals surface area (Å²) < 4.78 is 0. The highest BCUT2D eigenvalue weighted by Crippen LogP contribution is 2.29. The minimum atomic E-state index is -0.934. The van der Waals surface area contributed by atoms with Gasteiger partial charge < -0.3 is 10.4 Å². The highest BCUT2D eigenvalue weighted by molar-refractivity contribution is 5.94. The molecular weight excluding hydrogens is 300 g/mol. The van der Waals surface area contributed by atoms with Crippen LogP contribution in [0.4, 0.5) is 11.4 Å². The first kappa shape index (κ1) is 16.0. The molecule has 0 spiro atoms. The number of nitrogens with zero attached hydrogens (tertiary/aromatic N) is 1. The Labute approximate surface area is 141 Å². The van der Waals surface area contributed by atoms with Gasteiger partial charge in [-0.3, -0.25) is 4.98 Å². The van der Waals surface area contributed by atoms with Crippen LogP contribution in [0.15, 0.2) is 48.5 Å². The Morgan fingerprint density at radius 2 is 1.92 bits per heavy atom. The summed E-state index contributed by atoms with van der Waals surface area (Å²) in [5.74, 6) is -0.504. The Morgan fingerprint density at radius 3 is 2.62 bits per heavy atom. The average molecular weight is 320 g/mol. The molecule has 0 aliphatic rings. The molecule has 1 heterocycles. The van der Waals surface area contributed by atoms with Gasteiger partial charge in [-0.15, -0.1) is 0 Å². The minimum Gasteiger partial charge on any atom is -0.478 e. The minimum absolute atomic E-state index is 0.262. The van der Waals surface area contributed by atoms with Gasteiger partial charge in [0, 0.05) is 22.5 Å². The first-order valence-corrected chi connectivity index (χ1v) is 7.96. The topological polar surface area (TPSA) is 62.2 Å². The van der Waals surface area contributed by atoms with Crippen molar-refractivity contribution in [3.05, 3.63) is 65.4 Å². The van der Waals surface area contributed by atoms with Crippen molar-refractivity contribution in [1.82, 2.24) is 4.98 Å². The second-order valence-electron chi connectivity index (χ2n) is 6.25. The van der Waals surface area contributed by atoms with Crippen molar-refractivity contribution < 1.29 is 9.90 Å². The standard InChI is InChI=1S/C20H20N2O2/c1-12(2)14-7-8-18-17(11-14)19(9-13(3)21-18)22-16-6-4-5-15(10-16)20(23)24/h4-12H,1-3H3,(H,21,22)(H,23,24). The molecule has 1 aromatic heterocycles. The molecule has 3 rings (SSSR count). The van der Waals surface area contributed by atoms with Crippen molar-refractivity contribution in [2.24, 2.45) is 0 Å². The summed E-state index contributed by atoms with van der Waals surface area (Å²) in [6, 6.07) is 15.1. The fraction of sp³-hybridized carbons (Fsp3) is 0.200. The van der Waals surface area contributed by atoms with Gasteiger partial charge in [0.25, 0.3) is 0 Å². The lowest BCUT2D eigenvalue weighted by molar-refractivity contribution is 0.0697. The van der Waals surface area contributed by atoms with E-state index in [0.717, 1.165) is 28.0 Å². The Morgan fingerprint density at radius 1 is 1.12 bits per heavy atom. The van der Waals surface area contributed by atoms with Crippen LogP contribution in [0, 0.1) is 6.92 Å². The lowest BCUT2D eigenvalue weighted by Crippen LogP contribution is -1.99. The molecule has 0 atom stereocenters. The molecule has 0 bridgehead atoms. The molecule has 4 nitrogen and oxygen atoms in total. The number of aryl methyl sites for hydroxylation is 1. The van der Waals surface area contributed by atoms with Crippen molar-refractivity contribution in [2.75, 3.05) is 5.32 Å². The van der Waals surface area contributed by atoms with Crippen LogP contribution in [0.3, 0.4) is 0 Å². The first-order chi connectivity index (χ1) is 11.4. The second-order valence-corrected chi connectivity index (χ2v) is 6.25. The lowest BCUT2D eigenvalue weighted by atomic mass is 10.00. The van der Waals surface area contributed by atoms with E-state index in [9.17, 15) is 4.79 Å². The van der Waals surface area contributed by atoms with E-state index in [-0.39, 0.29) is 5.56 Å². The molecule has 2 N–H and O–H groups in total. The van der Waals surface area contributed by atoms with Crippen LogP contribution in [-0.2, 0) is 0 Å². The van der Waals surface area contributed by atoms with E-state index in [1.54, 1.807) is 18.2 Å². The summed E-state index contributed by atoms with van der Waals surface area (Å²) in [5.41, 5.74) is 5.03. The molecule has 0 amide bonds. The van der Waals surface area contributed by atoms with Crippen molar-refractivity contribution in [3.63, 3.8) is 0 Å². The van der Waals surface area contributed by atoms with Crippen molar-refractivity contribution in [2.45, 2.75) is 26.7 Å². The molecular formula is C20H20N2O2. The summed E-state index contributed by atoms with van der Waals surface area (Å²) in [4.78, 5) is 15.7. The number of carboxylic acids is 1. The number of aromatic nitrogens is 1. The predicted octanol–water partition coefficient (Wildman–Crippen LogP) is 5.11. The van der Waals surface area contributed by atoms with Gasteiger partial charge in [0.1, 0.15) is 0 Å². The number of anilines is 2. The van der Waals surface area contributed by atoms with Gasteiger partial charge in [0.05, 0.1) is 11.1 Å². The largest absolute Gasteiger partial charge is 0.478 e. The zero-order valence-electron chi connectivity index (χ0n) is 14.0. The molecule has 4 heteroatoms. The summed E-state index contributed by atoms with van der Waals surface area (Å²) in [7, 11) is 0. The third-order valence-corrected chi connectivity index (χ3v) is 4.02. The van der Waals surface area contributed by atoms with Gasteiger partial charge in [-0.05, 0) is 54.8 Å². The summed E-state index contributed by atoms with van der Waals surface area (Å²) in [5, 5.41) is 13.5. The Bertz CT molecular complexity index is 917. The maximum atomic E-state index is 11.2. The molecule has 0 saturated carbocycles. The fourth-order valence-electron chi connectivity index (χ4n) is 2.72. The van der Waals surface area contributed by atoms with Crippen LogP contribution in [0.2, 0.25) is 0 Å². The van der Waals surface area contributed by atoms with E-state index in [4.69, 9.17) is 5.11 Å². The van der Waals surface area contributed by atoms with E-state index >= 15 is 0 Å². The van der Waals surface area contributed by atoms with Crippen molar-refractivity contribution in [1.29, 1.82) is 0 Å². The Hall–Kier alpha value is -2.88. The Kier molecular flexibility index (Phi) is 4.21. The van der Waals surface area contributed by atoms with Gasteiger partial charge in [-0.25, -0.2) is 4.79 Å². The second kappa shape index (κ2) is 6.32. The smallest absolute Gasteiger partial charge is 0.335 e. The number of hydrogen-bond donors (Lipinski definition) is 2. The summed E-state index contributed by atoms with van der Waals surface area (Å²) >= 11 is 0. The number of rotatable bonds is 4. The van der Waals surface area contributed by atoms with Crippen LogP contribution in [0.5, 0.6) is 0 Å². The maximum Gasteiger partial charge on any atom is 0.335 e. The molecule has 122 valence electrons. The normalized spacial score (nSPS) is 11.0. The molecule has 0 fully saturated rings. The number of aromatic carboxylic acids is 1. The van der Waals surface area contributed by atoms with E-state index in [0.29, 0.717) is 5.92 Å². The van der Waals surface area contributed by atoms with Gasteiger partial charge in [0.2, 0.25) is 0 Å². The van der Waals surface area contributed by atoms with Gasteiger partial charge in [-0.2, -0.15) is 0 Å². The average Bonchev–Trinajstić information content (AvgIpc) is 2.54. The van der Waals surface area contributed by atoms with Gasteiger partial charge in [0.15, 0.2) is 0 Å². The molecule has 0 saturated heterocycles. The third-order valence-electron chi connectivity index (χ3n) is 4.02. The number of carbonyl (C=O) groups is 1. The Balaban J connectivity index is 2.09. The monoisotopic (exact) mass is 320 g/mol. The SMILES string of the molecule is Cc1cc(Nc2cccc(C(=O)O)c2)c2cc(C(C)C)ccc2n1. The number of pyridine rings is 1. The highest BCUT2D eigenvalue weighted by Gasteiger charge is 2.09. The number of hydrogen-bond acceptors (Lipinski definition) is 3. The lowest BCUT2D eigenvalue weighted by Gasteiger charge is -2.13. The molecule has 24 heavy (non-hydrogen) atoms. The van der Waals surface area contributed by atoms with Crippen molar-refractivity contribution >= 4 is 28.2 Å². The maximum absolute atomic E-state index is 11.2. The fourth-order valence-corrected chi connectivity index (χ4v) is 2.72.